The number of nitrogens with one attached hydrogen (secondary N) is 1. The van der Waals surface area contributed by atoms with E-state index in [1.807, 2.05) is 0 Å². The molecule has 0 saturated carbocycles. The van der Waals surface area contributed by atoms with Crippen LogP contribution >= 0.6 is 0 Å². The number of nitrogens with two attached hydrogens (primary N) is 1. The van der Waals surface area contributed by atoms with Gasteiger partial charge in [0.15, 0.2) is 9.84 Å². The van der Waals surface area contributed by atoms with Crippen LogP contribution in [0.25, 0.3) is 0 Å². The van der Waals surface area contributed by atoms with Crippen molar-refractivity contribution >= 4 is 27.4 Å². The Labute approximate surface area is 142 Å². The minimum Gasteiger partial charge on any atom is -0.465 e. The normalized spacial score (nSPS) is 11.1. The van der Waals surface area contributed by atoms with Crippen molar-refractivity contribution in [3.63, 3.8) is 0 Å². The van der Waals surface area contributed by atoms with Gasteiger partial charge in [-0.2, -0.15) is 0 Å². The van der Waals surface area contributed by atoms with Crippen LogP contribution in [0.15, 0.2) is 23.1 Å². The number of hydrogen-bond donors (Lipinski definition) is 2. The highest BCUT2D eigenvalue weighted by atomic mass is 32.2. The Morgan fingerprint density at radius 1 is 1.12 bits per heavy atom. The summed E-state index contributed by atoms with van der Waals surface area (Å²) in [6.07, 6.45) is 4.89. The van der Waals surface area contributed by atoms with E-state index in [-0.39, 0.29) is 22.1 Å². The van der Waals surface area contributed by atoms with Crippen LogP contribution in [0.4, 0.5) is 5.69 Å². The summed E-state index contributed by atoms with van der Waals surface area (Å²) in [6.45, 7) is 0.640. The molecule has 0 unspecified atom stereocenters. The van der Waals surface area contributed by atoms with Gasteiger partial charge in [-0.15, -0.1) is 0 Å². The van der Waals surface area contributed by atoms with E-state index < -0.39 is 15.8 Å². The maximum absolute atomic E-state index is 12.0. The van der Waals surface area contributed by atoms with Crippen LogP contribution in [0, 0.1) is 0 Å². The first-order valence-corrected chi connectivity index (χ1v) is 9.60. The van der Waals surface area contributed by atoms with Gasteiger partial charge in [0.1, 0.15) is 0 Å². The van der Waals surface area contributed by atoms with Crippen LogP contribution in [0.2, 0.25) is 0 Å². The number of hydrogen-bond acceptors (Lipinski definition) is 6. The molecule has 0 aliphatic heterocycles. The molecule has 7 nitrogen and oxygen atoms in total. The van der Waals surface area contributed by atoms with Crippen molar-refractivity contribution in [1.82, 2.24) is 0 Å². The van der Waals surface area contributed by atoms with E-state index in [0.717, 1.165) is 31.9 Å². The Balaban J connectivity index is 2.83. The Kier molecular flexibility index (Phi) is 7.87. The lowest BCUT2D eigenvalue weighted by Gasteiger charge is -2.09. The van der Waals surface area contributed by atoms with Gasteiger partial charge in [-0.3, -0.25) is 4.79 Å². The molecule has 134 valence electrons. The van der Waals surface area contributed by atoms with Crippen LogP contribution in [0.1, 0.15) is 42.5 Å². The molecule has 24 heavy (non-hydrogen) atoms. The maximum Gasteiger partial charge on any atom is 0.337 e. The van der Waals surface area contributed by atoms with E-state index in [1.54, 1.807) is 0 Å². The van der Waals surface area contributed by atoms with Crippen molar-refractivity contribution in [3.8, 4) is 0 Å². The topological polar surface area (TPSA) is 116 Å². The number of rotatable bonds is 9. The van der Waals surface area contributed by atoms with Crippen LogP contribution < -0.4 is 11.1 Å². The second kappa shape index (κ2) is 9.39. The summed E-state index contributed by atoms with van der Waals surface area (Å²) in [7, 11) is -2.32. The van der Waals surface area contributed by atoms with Crippen molar-refractivity contribution in [2.75, 3.05) is 25.2 Å². The first-order chi connectivity index (χ1) is 11.3. The lowest BCUT2D eigenvalue weighted by Crippen LogP contribution is -2.13. The highest BCUT2D eigenvalue weighted by Gasteiger charge is 2.15. The molecule has 0 heterocycles. The summed E-state index contributed by atoms with van der Waals surface area (Å²) >= 11 is 0. The van der Waals surface area contributed by atoms with E-state index >= 15 is 0 Å². The molecular formula is C16H24N2O5S. The number of carbonyl (C=O) groups is 2. The van der Waals surface area contributed by atoms with Crippen LogP contribution in [-0.4, -0.2) is 40.2 Å². The van der Waals surface area contributed by atoms with Crippen molar-refractivity contribution in [2.45, 2.75) is 37.0 Å². The fourth-order valence-electron chi connectivity index (χ4n) is 2.13. The fourth-order valence-corrected chi connectivity index (χ4v) is 2.81. The van der Waals surface area contributed by atoms with Gasteiger partial charge in [0.25, 0.3) is 0 Å². The number of esters is 1. The van der Waals surface area contributed by atoms with E-state index in [4.69, 9.17) is 5.73 Å². The predicted molar refractivity (Wildman–Crippen MR) is 91.7 cm³/mol. The van der Waals surface area contributed by atoms with Gasteiger partial charge < -0.3 is 15.8 Å². The van der Waals surface area contributed by atoms with Crippen molar-refractivity contribution < 1.29 is 22.7 Å². The molecule has 0 fully saturated rings. The molecule has 0 spiro atoms. The largest absolute Gasteiger partial charge is 0.465 e. The predicted octanol–water partition coefficient (Wildman–Crippen LogP) is 1.72. The molecule has 1 aromatic carbocycles. The SMILES string of the molecule is COC(=O)c1cc(NC(=O)CCCCCCN)cc(S(C)(=O)=O)c1. The average molecular weight is 356 g/mol. The zero-order chi connectivity index (χ0) is 18.2. The van der Waals surface area contributed by atoms with Crippen LogP contribution in [0.5, 0.6) is 0 Å². The third kappa shape index (κ3) is 6.67. The lowest BCUT2D eigenvalue weighted by molar-refractivity contribution is -0.116. The van der Waals surface area contributed by atoms with Crippen molar-refractivity contribution in [2.24, 2.45) is 5.73 Å². The molecule has 1 amide bonds. The van der Waals surface area contributed by atoms with Gasteiger partial charge >= 0.3 is 5.97 Å². The molecule has 0 saturated heterocycles. The zero-order valence-corrected chi connectivity index (χ0v) is 14.8. The first kappa shape index (κ1) is 20.1. The number of unbranched alkanes of at least 4 members (excludes halogenated alkanes) is 3. The second-order valence-corrected chi connectivity index (χ2v) is 7.53. The number of anilines is 1. The number of carbonyl (C=O) groups excluding carboxylic acids is 2. The Bertz CT molecular complexity index is 686. The van der Waals surface area contributed by atoms with E-state index in [2.05, 4.69) is 10.1 Å². The van der Waals surface area contributed by atoms with Crippen LogP contribution in [-0.2, 0) is 19.4 Å². The minimum absolute atomic E-state index is 0.0522. The number of amides is 1. The zero-order valence-electron chi connectivity index (χ0n) is 14.0. The Morgan fingerprint density at radius 3 is 2.38 bits per heavy atom. The van der Waals surface area contributed by atoms with Gasteiger partial charge in [0, 0.05) is 18.4 Å². The molecule has 1 rings (SSSR count). The maximum atomic E-state index is 12.0. The summed E-state index contributed by atoms with van der Waals surface area (Å²) in [6, 6.07) is 3.95. The molecule has 8 heteroatoms. The van der Waals surface area contributed by atoms with Gasteiger partial charge in [0.05, 0.1) is 17.6 Å². The van der Waals surface area contributed by atoms with E-state index in [1.165, 1.54) is 25.3 Å². The summed E-state index contributed by atoms with van der Waals surface area (Å²) in [5.41, 5.74) is 5.73. The molecule has 0 radical (unpaired) electrons. The smallest absolute Gasteiger partial charge is 0.337 e. The second-order valence-electron chi connectivity index (χ2n) is 5.51. The monoisotopic (exact) mass is 356 g/mol. The molecule has 1 aromatic rings. The summed E-state index contributed by atoms with van der Waals surface area (Å²) in [5.74, 6) is -0.901. The molecule has 0 aliphatic rings. The lowest BCUT2D eigenvalue weighted by atomic mass is 10.1. The average Bonchev–Trinajstić information content (AvgIpc) is 2.52. The van der Waals surface area contributed by atoms with Gasteiger partial charge in [-0.05, 0) is 37.6 Å². The molecule has 0 bridgehead atoms. The fraction of sp³-hybridized carbons (Fsp3) is 0.500. The van der Waals surface area contributed by atoms with Crippen molar-refractivity contribution in [1.29, 1.82) is 0 Å². The third-order valence-corrected chi connectivity index (χ3v) is 4.49. The number of ether oxygens (including phenoxy) is 1. The highest BCUT2D eigenvalue weighted by molar-refractivity contribution is 7.90. The minimum atomic E-state index is -3.52. The Morgan fingerprint density at radius 2 is 1.79 bits per heavy atom. The summed E-state index contributed by atoms with van der Waals surface area (Å²) < 4.78 is 28.1. The Hall–Kier alpha value is -1.93. The first-order valence-electron chi connectivity index (χ1n) is 7.71. The molecular weight excluding hydrogens is 332 g/mol. The summed E-state index contributed by atoms with van der Waals surface area (Å²) in [5, 5.41) is 2.63. The molecule has 0 aromatic heterocycles. The molecule has 0 aliphatic carbocycles. The number of sulfone groups is 1. The molecule has 0 atom stereocenters. The standard InChI is InChI=1S/C16H24N2O5S/c1-23-16(20)12-9-13(11-14(10-12)24(2,21)22)18-15(19)7-5-3-4-6-8-17/h9-11H,3-8,17H2,1-2H3,(H,18,19). The number of benzene rings is 1. The van der Waals surface area contributed by atoms with E-state index in [9.17, 15) is 18.0 Å². The summed E-state index contributed by atoms with van der Waals surface area (Å²) in [4.78, 5) is 23.6. The van der Waals surface area contributed by atoms with Gasteiger partial charge in [0.2, 0.25) is 5.91 Å². The van der Waals surface area contributed by atoms with E-state index in [0.29, 0.717) is 13.0 Å². The van der Waals surface area contributed by atoms with Crippen LogP contribution in [0.3, 0.4) is 0 Å². The molecule has 3 N–H and O–H groups in total. The third-order valence-electron chi connectivity index (χ3n) is 3.40. The van der Waals surface area contributed by atoms with Gasteiger partial charge in [-0.1, -0.05) is 12.8 Å². The van der Waals surface area contributed by atoms with Crippen molar-refractivity contribution in [3.05, 3.63) is 23.8 Å². The highest BCUT2D eigenvalue weighted by Crippen LogP contribution is 2.20. The number of methoxy groups -OCH3 is 1. The van der Waals surface area contributed by atoms with Gasteiger partial charge in [-0.25, -0.2) is 13.2 Å². The quantitative estimate of drug-likeness (QED) is 0.514.